The Kier molecular flexibility index (Phi) is 8.33. The van der Waals surface area contributed by atoms with Crippen LogP contribution >= 0.6 is 0 Å². The summed E-state index contributed by atoms with van der Waals surface area (Å²) in [6.45, 7) is 6.86. The third-order valence-electron chi connectivity index (χ3n) is 1.98. The van der Waals surface area contributed by atoms with Crippen LogP contribution in [0.15, 0.2) is 0 Å². The molecular weight excluding hydrogens is 194 g/mol. The van der Waals surface area contributed by atoms with Crippen molar-refractivity contribution in [2.24, 2.45) is 5.73 Å². The van der Waals surface area contributed by atoms with E-state index in [0.717, 1.165) is 12.8 Å². The molecule has 15 heavy (non-hydrogen) atoms. The van der Waals surface area contributed by atoms with Gasteiger partial charge in [0.05, 0.1) is 13.0 Å². The second-order valence-electron chi connectivity index (χ2n) is 3.71. The number of esters is 1. The molecule has 0 aliphatic heterocycles. The number of hydrogen-bond donors (Lipinski definition) is 1. The normalized spacial score (nSPS) is 14.7. The number of carbonyl (C=O) groups excluding carboxylic acids is 1. The monoisotopic (exact) mass is 217 g/mol. The Bertz CT molecular complexity index is 173. The van der Waals surface area contributed by atoms with Crippen LogP contribution in [0.25, 0.3) is 0 Å². The van der Waals surface area contributed by atoms with Crippen LogP contribution in [0.3, 0.4) is 0 Å². The van der Waals surface area contributed by atoms with Gasteiger partial charge in [0.2, 0.25) is 0 Å². The summed E-state index contributed by atoms with van der Waals surface area (Å²) in [4.78, 5) is 11.3. The summed E-state index contributed by atoms with van der Waals surface area (Å²) in [5.41, 5.74) is 5.73. The van der Waals surface area contributed by atoms with Gasteiger partial charge >= 0.3 is 5.97 Å². The summed E-state index contributed by atoms with van der Waals surface area (Å²) in [7, 11) is 0. The molecule has 0 bridgehead atoms. The molecule has 0 aliphatic carbocycles. The Morgan fingerprint density at radius 1 is 1.40 bits per heavy atom. The number of hydrogen-bond acceptors (Lipinski definition) is 4. The quantitative estimate of drug-likeness (QED) is 0.625. The zero-order chi connectivity index (χ0) is 11.7. The number of nitrogens with two attached hydrogens (primary N) is 1. The molecule has 0 aliphatic rings. The van der Waals surface area contributed by atoms with Crippen LogP contribution in [-0.4, -0.2) is 31.3 Å². The summed E-state index contributed by atoms with van der Waals surface area (Å²) < 4.78 is 10.3. The molecule has 0 aromatic heterocycles. The van der Waals surface area contributed by atoms with Crippen LogP contribution in [-0.2, 0) is 14.3 Å². The van der Waals surface area contributed by atoms with Crippen molar-refractivity contribution in [2.75, 3.05) is 13.2 Å². The lowest BCUT2D eigenvalue weighted by molar-refractivity contribution is -0.151. The Balaban J connectivity index is 3.63. The van der Waals surface area contributed by atoms with E-state index in [4.69, 9.17) is 15.2 Å². The maximum Gasteiger partial charge on any atom is 0.307 e. The van der Waals surface area contributed by atoms with Gasteiger partial charge in [0.1, 0.15) is 6.10 Å². The van der Waals surface area contributed by atoms with Gasteiger partial charge in [-0.3, -0.25) is 4.79 Å². The highest BCUT2D eigenvalue weighted by Gasteiger charge is 2.13. The summed E-state index contributed by atoms with van der Waals surface area (Å²) in [6.07, 6.45) is 1.95. The van der Waals surface area contributed by atoms with E-state index in [0.29, 0.717) is 19.6 Å². The predicted octanol–water partition coefficient (Wildman–Crippen LogP) is 1.47. The molecule has 4 nitrogen and oxygen atoms in total. The van der Waals surface area contributed by atoms with Gasteiger partial charge in [-0.1, -0.05) is 13.3 Å². The standard InChI is InChI=1S/C11H23NO3/c1-4-6-10(12)7-11(13)15-9(3)8-14-5-2/h9-10H,4-8,12H2,1-3H3. The summed E-state index contributed by atoms with van der Waals surface area (Å²) in [5, 5.41) is 0. The first-order valence-corrected chi connectivity index (χ1v) is 5.62. The first-order chi connectivity index (χ1) is 7.10. The van der Waals surface area contributed by atoms with Crippen LogP contribution in [0, 0.1) is 0 Å². The van der Waals surface area contributed by atoms with Crippen LogP contribution in [0.5, 0.6) is 0 Å². The van der Waals surface area contributed by atoms with Crippen LogP contribution in [0.1, 0.15) is 40.0 Å². The highest BCUT2D eigenvalue weighted by Crippen LogP contribution is 2.02. The number of ether oxygens (including phenoxy) is 2. The lowest BCUT2D eigenvalue weighted by atomic mass is 10.1. The Morgan fingerprint density at radius 3 is 2.60 bits per heavy atom. The molecule has 0 aromatic rings. The SMILES string of the molecule is CCCC(N)CC(=O)OC(C)COCC. The summed E-state index contributed by atoms with van der Waals surface area (Å²) in [5.74, 6) is -0.233. The van der Waals surface area contributed by atoms with Crippen molar-refractivity contribution in [3.05, 3.63) is 0 Å². The smallest absolute Gasteiger partial charge is 0.307 e. The third-order valence-corrected chi connectivity index (χ3v) is 1.98. The molecule has 90 valence electrons. The predicted molar refractivity (Wildman–Crippen MR) is 59.5 cm³/mol. The van der Waals surface area contributed by atoms with Crippen LogP contribution in [0.4, 0.5) is 0 Å². The summed E-state index contributed by atoms with van der Waals surface area (Å²) >= 11 is 0. The van der Waals surface area contributed by atoms with E-state index in [2.05, 4.69) is 0 Å². The van der Waals surface area contributed by atoms with E-state index in [1.54, 1.807) is 0 Å². The maximum absolute atomic E-state index is 11.3. The maximum atomic E-state index is 11.3. The molecule has 0 saturated heterocycles. The summed E-state index contributed by atoms with van der Waals surface area (Å²) in [6, 6.07) is -0.0817. The van der Waals surface area contributed by atoms with Crippen molar-refractivity contribution < 1.29 is 14.3 Å². The fourth-order valence-corrected chi connectivity index (χ4v) is 1.28. The lowest BCUT2D eigenvalue weighted by Crippen LogP contribution is -2.28. The van der Waals surface area contributed by atoms with Crippen LogP contribution in [0.2, 0.25) is 0 Å². The number of rotatable bonds is 8. The second-order valence-corrected chi connectivity index (χ2v) is 3.71. The van der Waals surface area contributed by atoms with Gasteiger partial charge in [-0.2, -0.15) is 0 Å². The third kappa shape index (κ3) is 8.39. The van der Waals surface area contributed by atoms with Crippen molar-refractivity contribution in [3.8, 4) is 0 Å². The zero-order valence-electron chi connectivity index (χ0n) is 9.99. The van der Waals surface area contributed by atoms with Crippen molar-refractivity contribution in [1.82, 2.24) is 0 Å². The van der Waals surface area contributed by atoms with Gasteiger partial charge in [0, 0.05) is 12.6 Å². The first kappa shape index (κ1) is 14.4. The fourth-order valence-electron chi connectivity index (χ4n) is 1.28. The van der Waals surface area contributed by atoms with E-state index >= 15 is 0 Å². The molecule has 0 heterocycles. The van der Waals surface area contributed by atoms with E-state index in [-0.39, 0.29) is 18.1 Å². The molecule has 4 heteroatoms. The average Bonchev–Trinajstić information content (AvgIpc) is 2.14. The Labute approximate surface area is 92.1 Å². The molecule has 0 spiro atoms. The second kappa shape index (κ2) is 8.68. The minimum absolute atomic E-state index is 0.0817. The minimum Gasteiger partial charge on any atom is -0.460 e. The molecule has 0 aromatic carbocycles. The van der Waals surface area contributed by atoms with Crippen molar-refractivity contribution in [1.29, 1.82) is 0 Å². The molecule has 0 fully saturated rings. The first-order valence-electron chi connectivity index (χ1n) is 5.62. The van der Waals surface area contributed by atoms with E-state index in [1.165, 1.54) is 0 Å². The van der Waals surface area contributed by atoms with Crippen molar-refractivity contribution in [3.63, 3.8) is 0 Å². The molecule has 2 atom stereocenters. The molecule has 0 amide bonds. The van der Waals surface area contributed by atoms with Gasteiger partial charge in [-0.25, -0.2) is 0 Å². The van der Waals surface area contributed by atoms with E-state index in [1.807, 2.05) is 20.8 Å². The molecule has 2 N–H and O–H groups in total. The fraction of sp³-hybridized carbons (Fsp3) is 0.909. The van der Waals surface area contributed by atoms with Gasteiger partial charge in [-0.05, 0) is 20.3 Å². The molecular formula is C11H23NO3. The molecule has 0 radical (unpaired) electrons. The van der Waals surface area contributed by atoms with Crippen LogP contribution < -0.4 is 5.73 Å². The largest absolute Gasteiger partial charge is 0.460 e. The van der Waals surface area contributed by atoms with Gasteiger partial charge in [0.25, 0.3) is 0 Å². The highest BCUT2D eigenvalue weighted by atomic mass is 16.6. The molecule has 0 saturated carbocycles. The Hall–Kier alpha value is -0.610. The lowest BCUT2D eigenvalue weighted by Gasteiger charge is -2.15. The highest BCUT2D eigenvalue weighted by molar-refractivity contribution is 5.70. The average molecular weight is 217 g/mol. The van der Waals surface area contributed by atoms with E-state index < -0.39 is 0 Å². The topological polar surface area (TPSA) is 61.6 Å². The van der Waals surface area contributed by atoms with Gasteiger partial charge in [0.15, 0.2) is 0 Å². The van der Waals surface area contributed by atoms with Crippen molar-refractivity contribution in [2.45, 2.75) is 52.2 Å². The van der Waals surface area contributed by atoms with Crippen molar-refractivity contribution >= 4 is 5.97 Å². The van der Waals surface area contributed by atoms with E-state index in [9.17, 15) is 4.79 Å². The zero-order valence-corrected chi connectivity index (χ0v) is 9.99. The number of carbonyl (C=O) groups is 1. The molecule has 2 unspecified atom stereocenters. The van der Waals surface area contributed by atoms with Gasteiger partial charge in [-0.15, -0.1) is 0 Å². The minimum atomic E-state index is -0.233. The molecule has 0 rings (SSSR count). The van der Waals surface area contributed by atoms with Gasteiger partial charge < -0.3 is 15.2 Å². The Morgan fingerprint density at radius 2 is 2.07 bits per heavy atom.